The predicted octanol–water partition coefficient (Wildman–Crippen LogP) is 2.50. The highest BCUT2D eigenvalue weighted by atomic mass is 79.9. The second-order valence-electron chi connectivity index (χ2n) is 2.42. The van der Waals surface area contributed by atoms with Gasteiger partial charge in [0.2, 0.25) is 0 Å². The Labute approximate surface area is 89.6 Å². The van der Waals surface area contributed by atoms with Crippen molar-refractivity contribution in [2.75, 3.05) is 12.4 Å². The molecule has 0 aliphatic carbocycles. The van der Waals surface area contributed by atoms with E-state index in [0.717, 1.165) is 4.47 Å². The van der Waals surface area contributed by atoms with Gasteiger partial charge in [0.25, 0.3) is 0 Å². The minimum Gasteiger partial charge on any atom is -0.453 e. The summed E-state index contributed by atoms with van der Waals surface area (Å²) in [5, 5.41) is 11.2. The van der Waals surface area contributed by atoms with Crippen LogP contribution in [0.2, 0.25) is 0 Å². The van der Waals surface area contributed by atoms with Gasteiger partial charge in [0.1, 0.15) is 6.07 Å². The highest BCUT2D eigenvalue weighted by Crippen LogP contribution is 2.20. The van der Waals surface area contributed by atoms with Gasteiger partial charge in [0.15, 0.2) is 0 Å². The number of rotatable bonds is 1. The number of hydrogen-bond acceptors (Lipinski definition) is 3. The molecule has 5 heteroatoms. The molecule has 1 rings (SSSR count). The summed E-state index contributed by atoms with van der Waals surface area (Å²) in [4.78, 5) is 10.9. The number of amides is 1. The first-order valence-electron chi connectivity index (χ1n) is 3.72. The summed E-state index contributed by atoms with van der Waals surface area (Å²) in [5.41, 5.74) is 0.812. The van der Waals surface area contributed by atoms with Gasteiger partial charge in [-0.25, -0.2) is 4.79 Å². The Hall–Kier alpha value is -1.54. The molecule has 0 saturated heterocycles. The number of hydrogen-bond donors (Lipinski definition) is 1. The van der Waals surface area contributed by atoms with Gasteiger partial charge in [-0.2, -0.15) is 5.26 Å². The summed E-state index contributed by atoms with van der Waals surface area (Å²) in [7, 11) is 1.26. The monoisotopic (exact) mass is 254 g/mol. The average molecular weight is 255 g/mol. The van der Waals surface area contributed by atoms with Crippen molar-refractivity contribution in [3.63, 3.8) is 0 Å². The molecule has 0 aliphatic rings. The van der Waals surface area contributed by atoms with Crippen molar-refractivity contribution in [2.24, 2.45) is 0 Å². The van der Waals surface area contributed by atoms with Crippen LogP contribution in [0, 0.1) is 11.3 Å². The fourth-order valence-corrected chi connectivity index (χ4v) is 1.24. The first-order valence-corrected chi connectivity index (χ1v) is 4.51. The molecule has 1 aromatic carbocycles. The highest BCUT2D eigenvalue weighted by molar-refractivity contribution is 9.10. The summed E-state index contributed by atoms with van der Waals surface area (Å²) in [5.74, 6) is 0. The third-order valence-electron chi connectivity index (χ3n) is 1.52. The van der Waals surface area contributed by atoms with Gasteiger partial charge in [-0.05, 0) is 18.2 Å². The number of carbonyl (C=O) groups excluding carboxylic acids is 1. The lowest BCUT2D eigenvalue weighted by Gasteiger charge is -2.05. The molecule has 4 nitrogen and oxygen atoms in total. The lowest BCUT2D eigenvalue weighted by atomic mass is 10.2. The zero-order valence-electron chi connectivity index (χ0n) is 7.37. The summed E-state index contributed by atoms with van der Waals surface area (Å²) >= 11 is 3.23. The number of nitrogens with one attached hydrogen (secondary N) is 1. The molecule has 0 fully saturated rings. The van der Waals surface area contributed by atoms with Crippen LogP contribution in [-0.4, -0.2) is 13.2 Å². The van der Waals surface area contributed by atoms with Crippen molar-refractivity contribution in [3.05, 3.63) is 28.2 Å². The second-order valence-corrected chi connectivity index (χ2v) is 3.33. The maximum absolute atomic E-state index is 10.9. The minimum absolute atomic E-state index is 0.379. The van der Waals surface area contributed by atoms with E-state index in [1.54, 1.807) is 18.2 Å². The standard InChI is InChI=1S/C9H7BrN2O2/c1-14-9(13)12-8-3-2-7(10)4-6(8)5-11/h2-4H,1H3,(H,12,13). The molecule has 1 aromatic rings. The number of halogens is 1. The summed E-state index contributed by atoms with van der Waals surface area (Å²) < 4.78 is 5.19. The number of benzene rings is 1. The largest absolute Gasteiger partial charge is 0.453 e. The molecule has 0 aliphatic heterocycles. The number of nitriles is 1. The van der Waals surface area contributed by atoms with E-state index < -0.39 is 6.09 Å². The van der Waals surface area contributed by atoms with Crippen LogP contribution in [0.3, 0.4) is 0 Å². The molecule has 0 aromatic heterocycles. The Morgan fingerprint density at radius 1 is 1.64 bits per heavy atom. The lowest BCUT2D eigenvalue weighted by molar-refractivity contribution is 0.187. The van der Waals surface area contributed by atoms with Crippen LogP contribution >= 0.6 is 15.9 Å². The van der Waals surface area contributed by atoms with Crippen LogP contribution in [0.15, 0.2) is 22.7 Å². The maximum Gasteiger partial charge on any atom is 0.411 e. The predicted molar refractivity (Wildman–Crippen MR) is 54.9 cm³/mol. The van der Waals surface area contributed by atoms with Crippen molar-refractivity contribution >= 4 is 27.7 Å². The Balaban J connectivity index is 2.98. The third-order valence-corrected chi connectivity index (χ3v) is 2.02. The first kappa shape index (κ1) is 10.5. The van der Waals surface area contributed by atoms with Gasteiger partial charge in [-0.15, -0.1) is 0 Å². The number of methoxy groups -OCH3 is 1. The molecule has 0 atom stereocenters. The van der Waals surface area contributed by atoms with Gasteiger partial charge >= 0.3 is 6.09 Å². The fraction of sp³-hybridized carbons (Fsp3) is 0.111. The molecule has 0 heterocycles. The molecular weight excluding hydrogens is 248 g/mol. The molecule has 72 valence electrons. The van der Waals surface area contributed by atoms with E-state index in [0.29, 0.717) is 11.3 Å². The SMILES string of the molecule is COC(=O)Nc1ccc(Br)cc1C#N. The smallest absolute Gasteiger partial charge is 0.411 e. The van der Waals surface area contributed by atoms with Gasteiger partial charge < -0.3 is 4.74 Å². The van der Waals surface area contributed by atoms with Crippen LogP contribution in [0.5, 0.6) is 0 Å². The van der Waals surface area contributed by atoms with Crippen molar-refractivity contribution in [3.8, 4) is 6.07 Å². The molecule has 0 unspecified atom stereocenters. The van der Waals surface area contributed by atoms with E-state index in [-0.39, 0.29) is 0 Å². The number of nitrogens with zero attached hydrogens (tertiary/aromatic N) is 1. The molecule has 1 N–H and O–H groups in total. The fourth-order valence-electron chi connectivity index (χ4n) is 0.879. The normalized spacial score (nSPS) is 8.93. The molecule has 1 amide bonds. The summed E-state index contributed by atoms with van der Waals surface area (Å²) in [6.45, 7) is 0. The summed E-state index contributed by atoms with van der Waals surface area (Å²) in [6.07, 6.45) is -0.594. The zero-order valence-corrected chi connectivity index (χ0v) is 8.96. The number of anilines is 1. The molecule has 14 heavy (non-hydrogen) atoms. The molecule has 0 bridgehead atoms. The van der Waals surface area contributed by atoms with Crippen molar-refractivity contribution < 1.29 is 9.53 Å². The molecule has 0 saturated carbocycles. The van der Waals surface area contributed by atoms with E-state index in [1.165, 1.54) is 7.11 Å². The van der Waals surface area contributed by atoms with Gasteiger partial charge in [-0.1, -0.05) is 15.9 Å². The Kier molecular flexibility index (Phi) is 3.48. The summed E-state index contributed by atoms with van der Waals surface area (Å²) in [6, 6.07) is 6.93. The Morgan fingerprint density at radius 2 is 2.36 bits per heavy atom. The third kappa shape index (κ3) is 2.47. The van der Waals surface area contributed by atoms with Crippen LogP contribution < -0.4 is 5.32 Å². The van der Waals surface area contributed by atoms with Crippen molar-refractivity contribution in [1.82, 2.24) is 0 Å². The van der Waals surface area contributed by atoms with Crippen LogP contribution in [0.4, 0.5) is 10.5 Å². The highest BCUT2D eigenvalue weighted by Gasteiger charge is 2.06. The average Bonchev–Trinajstić information content (AvgIpc) is 2.20. The number of ether oxygens (including phenoxy) is 1. The van der Waals surface area contributed by atoms with Crippen LogP contribution in [0.1, 0.15) is 5.56 Å². The molecule has 0 radical (unpaired) electrons. The van der Waals surface area contributed by atoms with Crippen LogP contribution in [-0.2, 0) is 4.74 Å². The second kappa shape index (κ2) is 4.63. The van der Waals surface area contributed by atoms with Crippen LogP contribution in [0.25, 0.3) is 0 Å². The Bertz CT molecular complexity index is 398. The topological polar surface area (TPSA) is 62.1 Å². The Morgan fingerprint density at radius 3 is 2.93 bits per heavy atom. The quantitative estimate of drug-likeness (QED) is 0.838. The zero-order chi connectivity index (χ0) is 10.6. The van der Waals surface area contributed by atoms with Crippen molar-refractivity contribution in [1.29, 1.82) is 5.26 Å². The number of carbonyl (C=O) groups is 1. The van der Waals surface area contributed by atoms with Gasteiger partial charge in [0.05, 0.1) is 18.4 Å². The van der Waals surface area contributed by atoms with E-state index in [1.807, 2.05) is 6.07 Å². The maximum atomic E-state index is 10.9. The lowest BCUT2D eigenvalue weighted by Crippen LogP contribution is -2.11. The first-order chi connectivity index (χ1) is 6.67. The van der Waals surface area contributed by atoms with Crippen molar-refractivity contribution in [2.45, 2.75) is 0 Å². The van der Waals surface area contributed by atoms with Gasteiger partial charge in [-0.3, -0.25) is 5.32 Å². The molecular formula is C9H7BrN2O2. The van der Waals surface area contributed by atoms with Gasteiger partial charge in [0, 0.05) is 4.47 Å². The minimum atomic E-state index is -0.594. The van der Waals surface area contributed by atoms with E-state index in [4.69, 9.17) is 5.26 Å². The van der Waals surface area contributed by atoms with E-state index in [2.05, 4.69) is 26.0 Å². The molecule has 0 spiro atoms. The van der Waals surface area contributed by atoms with E-state index in [9.17, 15) is 4.79 Å². The van der Waals surface area contributed by atoms with E-state index >= 15 is 0 Å².